The van der Waals surface area contributed by atoms with Crippen molar-refractivity contribution < 1.29 is 4.79 Å². The molecule has 0 radical (unpaired) electrons. The molecule has 1 aliphatic rings. The summed E-state index contributed by atoms with van der Waals surface area (Å²) in [7, 11) is 3.67. The number of anilines is 1. The highest BCUT2D eigenvalue weighted by Gasteiger charge is 2.38. The van der Waals surface area contributed by atoms with Crippen LogP contribution in [0, 0.1) is 6.92 Å². The van der Waals surface area contributed by atoms with Gasteiger partial charge in [-0.1, -0.05) is 32.4 Å². The van der Waals surface area contributed by atoms with Gasteiger partial charge in [0.15, 0.2) is 0 Å². The number of aryl methyl sites for hydroxylation is 3. The van der Waals surface area contributed by atoms with Gasteiger partial charge >= 0.3 is 0 Å². The number of aromatic nitrogens is 4. The second-order valence-electron chi connectivity index (χ2n) is 7.20. The molecular formula is C16H22ClN5O. The van der Waals surface area contributed by atoms with Crippen molar-refractivity contribution in [1.82, 2.24) is 19.6 Å². The molecular weight excluding hydrogens is 314 g/mol. The van der Waals surface area contributed by atoms with Gasteiger partial charge in [0.1, 0.15) is 11.0 Å². The summed E-state index contributed by atoms with van der Waals surface area (Å²) in [6, 6.07) is 0. The van der Waals surface area contributed by atoms with Crippen LogP contribution in [-0.4, -0.2) is 25.5 Å². The van der Waals surface area contributed by atoms with Crippen LogP contribution >= 0.6 is 11.6 Å². The van der Waals surface area contributed by atoms with Crippen LogP contribution in [0.5, 0.6) is 0 Å². The van der Waals surface area contributed by atoms with Gasteiger partial charge in [-0.25, -0.2) is 0 Å². The highest BCUT2D eigenvalue weighted by molar-refractivity contribution is 6.30. The summed E-state index contributed by atoms with van der Waals surface area (Å²) in [6.45, 7) is 8.31. The summed E-state index contributed by atoms with van der Waals surface area (Å²) in [6.07, 6.45) is 0.355. The van der Waals surface area contributed by atoms with Crippen LogP contribution in [0.2, 0.25) is 5.15 Å². The number of halogens is 1. The lowest BCUT2D eigenvalue weighted by Crippen LogP contribution is -2.26. The predicted octanol–water partition coefficient (Wildman–Crippen LogP) is 2.89. The summed E-state index contributed by atoms with van der Waals surface area (Å²) in [5, 5.41) is 12.6. The van der Waals surface area contributed by atoms with Crippen LogP contribution in [0.4, 0.5) is 5.82 Å². The van der Waals surface area contributed by atoms with Gasteiger partial charge in [-0.2, -0.15) is 10.2 Å². The van der Waals surface area contributed by atoms with Crippen molar-refractivity contribution in [3.63, 3.8) is 0 Å². The number of nitrogens with zero attached hydrogens (tertiary/aromatic N) is 4. The van der Waals surface area contributed by atoms with Crippen molar-refractivity contribution in [3.8, 4) is 0 Å². The first-order valence-corrected chi connectivity index (χ1v) is 8.05. The molecule has 1 atom stereocenters. The smallest absolute Gasteiger partial charge is 0.226 e. The molecule has 1 N–H and O–H groups in total. The molecule has 0 aliphatic carbocycles. The summed E-state index contributed by atoms with van der Waals surface area (Å²) >= 11 is 6.48. The van der Waals surface area contributed by atoms with Crippen LogP contribution in [0.3, 0.4) is 0 Å². The monoisotopic (exact) mass is 335 g/mol. The van der Waals surface area contributed by atoms with Crippen molar-refractivity contribution in [2.45, 2.75) is 45.4 Å². The molecule has 0 saturated heterocycles. The Morgan fingerprint density at radius 3 is 2.35 bits per heavy atom. The number of amides is 1. The molecule has 124 valence electrons. The van der Waals surface area contributed by atoms with E-state index in [1.54, 1.807) is 9.36 Å². The topological polar surface area (TPSA) is 64.7 Å². The zero-order chi connectivity index (χ0) is 17.1. The molecule has 23 heavy (non-hydrogen) atoms. The number of rotatable bonds is 1. The third-order valence-electron chi connectivity index (χ3n) is 4.33. The first kappa shape index (κ1) is 16.1. The Morgan fingerprint density at radius 2 is 1.83 bits per heavy atom. The van der Waals surface area contributed by atoms with E-state index in [0.29, 0.717) is 11.6 Å². The highest BCUT2D eigenvalue weighted by atomic mass is 35.5. The number of carbonyl (C=O) groups is 1. The number of hydrogen-bond acceptors (Lipinski definition) is 3. The van der Waals surface area contributed by atoms with Gasteiger partial charge in [0.05, 0.1) is 11.4 Å². The van der Waals surface area contributed by atoms with Gasteiger partial charge in [-0.3, -0.25) is 14.2 Å². The Labute approximate surface area is 140 Å². The first-order chi connectivity index (χ1) is 10.6. The van der Waals surface area contributed by atoms with E-state index in [9.17, 15) is 4.79 Å². The van der Waals surface area contributed by atoms with E-state index in [1.807, 2.05) is 21.0 Å². The summed E-state index contributed by atoms with van der Waals surface area (Å²) < 4.78 is 3.41. The van der Waals surface area contributed by atoms with Crippen LogP contribution < -0.4 is 5.32 Å². The van der Waals surface area contributed by atoms with Gasteiger partial charge in [0, 0.05) is 43.0 Å². The van der Waals surface area contributed by atoms with E-state index < -0.39 is 0 Å². The third kappa shape index (κ3) is 2.45. The lowest BCUT2D eigenvalue weighted by Gasteiger charge is -2.27. The van der Waals surface area contributed by atoms with Gasteiger partial charge < -0.3 is 5.32 Å². The molecule has 0 aromatic carbocycles. The number of fused-ring (bicyclic) bond motifs is 1. The number of hydrogen-bond donors (Lipinski definition) is 1. The molecule has 6 nitrogen and oxygen atoms in total. The van der Waals surface area contributed by atoms with Crippen LogP contribution in [0.1, 0.15) is 55.6 Å². The minimum Gasteiger partial charge on any atom is -0.311 e. The minimum absolute atomic E-state index is 0.0229. The molecule has 0 spiro atoms. The molecule has 1 aliphatic heterocycles. The fourth-order valence-electron chi connectivity index (χ4n) is 3.33. The van der Waals surface area contributed by atoms with Crippen LogP contribution in [0.15, 0.2) is 0 Å². The number of nitrogens with one attached hydrogen (secondary N) is 1. The molecule has 2 aromatic rings. The number of carbonyl (C=O) groups excluding carboxylic acids is 1. The van der Waals surface area contributed by atoms with E-state index in [2.05, 4.69) is 36.3 Å². The zero-order valence-corrected chi connectivity index (χ0v) is 15.1. The Morgan fingerprint density at radius 1 is 1.17 bits per heavy atom. The van der Waals surface area contributed by atoms with Crippen molar-refractivity contribution in [1.29, 1.82) is 0 Å². The molecule has 3 heterocycles. The van der Waals surface area contributed by atoms with E-state index in [4.69, 9.17) is 11.6 Å². The molecule has 1 amide bonds. The van der Waals surface area contributed by atoms with E-state index >= 15 is 0 Å². The van der Waals surface area contributed by atoms with Crippen molar-refractivity contribution in [3.05, 3.63) is 27.7 Å². The summed E-state index contributed by atoms with van der Waals surface area (Å²) in [5.74, 6) is 0.614. The SMILES string of the molecule is Cc1nn(C)c(Cl)c1C1CC(=O)Nc2c1c(C(C)(C)C)nn2C. The molecule has 0 fully saturated rings. The van der Waals surface area contributed by atoms with E-state index in [-0.39, 0.29) is 17.2 Å². The fraction of sp³-hybridized carbons (Fsp3) is 0.562. The second-order valence-corrected chi connectivity index (χ2v) is 7.56. The fourth-order valence-corrected chi connectivity index (χ4v) is 3.64. The maximum atomic E-state index is 12.2. The van der Waals surface area contributed by atoms with Gasteiger partial charge in [0.25, 0.3) is 0 Å². The Balaban J connectivity index is 2.28. The normalized spacial score (nSPS) is 18.0. The average molecular weight is 336 g/mol. The maximum absolute atomic E-state index is 12.2. The second kappa shape index (κ2) is 5.09. The standard InChI is InChI=1S/C16H22ClN5O/c1-8-11(14(17)21(5)19-8)9-7-10(23)18-15-12(9)13(16(2,3)4)20-22(15)6/h9H,7H2,1-6H3,(H,18,23). The van der Waals surface area contributed by atoms with Gasteiger partial charge in [0.2, 0.25) is 5.91 Å². The predicted molar refractivity (Wildman–Crippen MR) is 90.0 cm³/mol. The molecule has 0 saturated carbocycles. The Bertz CT molecular complexity index is 796. The van der Waals surface area contributed by atoms with Gasteiger partial charge in [-0.05, 0) is 6.92 Å². The Hall–Kier alpha value is -1.82. The van der Waals surface area contributed by atoms with Crippen molar-refractivity contribution in [2.75, 3.05) is 5.32 Å². The lowest BCUT2D eigenvalue weighted by molar-refractivity contribution is -0.116. The largest absolute Gasteiger partial charge is 0.311 e. The molecule has 1 unspecified atom stereocenters. The minimum atomic E-state index is -0.131. The van der Waals surface area contributed by atoms with E-state index in [0.717, 1.165) is 28.3 Å². The van der Waals surface area contributed by atoms with Crippen molar-refractivity contribution >= 4 is 23.3 Å². The van der Waals surface area contributed by atoms with E-state index in [1.165, 1.54) is 0 Å². The zero-order valence-electron chi connectivity index (χ0n) is 14.4. The van der Waals surface area contributed by atoms with Crippen LogP contribution in [0.25, 0.3) is 0 Å². The summed E-state index contributed by atoms with van der Waals surface area (Å²) in [4.78, 5) is 12.2. The van der Waals surface area contributed by atoms with Gasteiger partial charge in [-0.15, -0.1) is 0 Å². The molecule has 3 rings (SSSR count). The first-order valence-electron chi connectivity index (χ1n) is 7.67. The molecule has 0 bridgehead atoms. The summed E-state index contributed by atoms with van der Waals surface area (Å²) in [5.41, 5.74) is 3.68. The molecule has 2 aromatic heterocycles. The van der Waals surface area contributed by atoms with Crippen molar-refractivity contribution in [2.24, 2.45) is 14.1 Å². The quantitative estimate of drug-likeness (QED) is 0.871. The third-order valence-corrected chi connectivity index (χ3v) is 4.78. The van der Waals surface area contributed by atoms with Crippen LogP contribution in [-0.2, 0) is 24.3 Å². The maximum Gasteiger partial charge on any atom is 0.226 e. The Kier molecular flexibility index (Phi) is 3.55. The highest BCUT2D eigenvalue weighted by Crippen LogP contribution is 2.45. The lowest BCUT2D eigenvalue weighted by atomic mass is 9.79. The molecule has 7 heteroatoms. The average Bonchev–Trinajstić information content (AvgIpc) is 2.87.